The van der Waals surface area contributed by atoms with Crippen molar-refractivity contribution < 1.29 is 14.6 Å². The first-order chi connectivity index (χ1) is 14.4. The SMILES string of the molecule is COc1cccc(-c2ccc3c(c2)C2(NC(=S)N(C)C2=O)[C@]2(CC[C@H](O)CC2)C3)c1. The molecule has 1 unspecified atom stereocenters. The quantitative estimate of drug-likeness (QED) is 0.727. The molecule has 1 amide bonds. The van der Waals surface area contributed by atoms with Crippen molar-refractivity contribution in [3.8, 4) is 16.9 Å². The highest BCUT2D eigenvalue weighted by Gasteiger charge is 2.66. The van der Waals surface area contributed by atoms with Gasteiger partial charge in [0.05, 0.1) is 13.2 Å². The van der Waals surface area contributed by atoms with E-state index in [1.807, 2.05) is 18.2 Å². The number of likely N-dealkylation sites (N-methyl/N-ethyl adjacent to an activating group) is 1. The number of benzene rings is 2. The fourth-order valence-electron chi connectivity index (χ4n) is 5.74. The van der Waals surface area contributed by atoms with Crippen LogP contribution in [0.4, 0.5) is 0 Å². The molecule has 156 valence electrons. The number of nitrogens with one attached hydrogen (secondary N) is 1. The monoisotopic (exact) mass is 422 g/mol. The summed E-state index contributed by atoms with van der Waals surface area (Å²) in [6.07, 6.45) is 3.56. The molecule has 0 radical (unpaired) electrons. The van der Waals surface area contributed by atoms with Gasteiger partial charge in [-0.2, -0.15) is 0 Å². The largest absolute Gasteiger partial charge is 0.497 e. The van der Waals surface area contributed by atoms with Gasteiger partial charge >= 0.3 is 0 Å². The standard InChI is InChI=1S/C24H26N2O3S/c1-26-21(28)24(25-22(26)30)20-13-16(15-4-3-5-19(12-15)29-2)6-7-17(20)14-23(24)10-8-18(27)9-11-23/h3-7,12-13,18,27H,8-11,14H2,1-2H3,(H,25,30)/t18-,23-,24?. The van der Waals surface area contributed by atoms with E-state index in [-0.39, 0.29) is 17.4 Å². The van der Waals surface area contributed by atoms with E-state index in [1.54, 1.807) is 19.1 Å². The van der Waals surface area contributed by atoms with Crippen LogP contribution in [0.15, 0.2) is 42.5 Å². The Labute approximate surface area is 182 Å². The molecule has 1 heterocycles. The van der Waals surface area contributed by atoms with Crippen LogP contribution in [0.2, 0.25) is 0 Å². The maximum absolute atomic E-state index is 13.7. The second kappa shape index (κ2) is 6.79. The Hall–Kier alpha value is -2.44. The Bertz CT molecular complexity index is 1040. The van der Waals surface area contributed by atoms with Crippen LogP contribution in [0, 0.1) is 5.41 Å². The predicted molar refractivity (Wildman–Crippen MR) is 119 cm³/mol. The van der Waals surface area contributed by atoms with Gasteiger partial charge in [0, 0.05) is 12.5 Å². The third-order valence-corrected chi connectivity index (χ3v) is 7.75. The van der Waals surface area contributed by atoms with Gasteiger partial charge < -0.3 is 15.2 Å². The van der Waals surface area contributed by atoms with E-state index >= 15 is 0 Å². The average Bonchev–Trinajstić information content (AvgIpc) is 3.16. The first-order valence-corrected chi connectivity index (χ1v) is 10.9. The first kappa shape index (κ1) is 19.5. The third-order valence-electron chi connectivity index (χ3n) is 7.38. The third kappa shape index (κ3) is 2.56. The number of carbonyl (C=O) groups is 1. The number of carbonyl (C=O) groups excluding carboxylic acids is 1. The number of hydrogen-bond acceptors (Lipinski definition) is 4. The average molecular weight is 423 g/mol. The maximum atomic E-state index is 13.7. The number of aliphatic hydroxyl groups is 1. The van der Waals surface area contributed by atoms with Gasteiger partial charge in [-0.15, -0.1) is 0 Å². The van der Waals surface area contributed by atoms with E-state index in [2.05, 4.69) is 29.6 Å². The number of fused-ring (bicyclic) bond motifs is 3. The summed E-state index contributed by atoms with van der Waals surface area (Å²) in [5.41, 5.74) is 3.19. The molecule has 2 spiro atoms. The van der Waals surface area contributed by atoms with E-state index in [0.29, 0.717) is 18.0 Å². The molecule has 1 atom stereocenters. The lowest BCUT2D eigenvalue weighted by atomic mass is 9.61. The summed E-state index contributed by atoms with van der Waals surface area (Å²) in [5.74, 6) is 0.821. The highest BCUT2D eigenvalue weighted by Crippen LogP contribution is 2.60. The Kier molecular flexibility index (Phi) is 4.42. The van der Waals surface area contributed by atoms with Gasteiger partial charge in [-0.3, -0.25) is 9.69 Å². The second-order valence-electron chi connectivity index (χ2n) is 8.84. The maximum Gasteiger partial charge on any atom is 0.259 e. The number of rotatable bonds is 2. The Morgan fingerprint density at radius 3 is 2.57 bits per heavy atom. The van der Waals surface area contributed by atoms with Crippen molar-refractivity contribution in [1.82, 2.24) is 10.2 Å². The smallest absolute Gasteiger partial charge is 0.259 e. The van der Waals surface area contributed by atoms with E-state index in [4.69, 9.17) is 17.0 Å². The van der Waals surface area contributed by atoms with Crippen molar-refractivity contribution in [2.45, 2.75) is 43.7 Å². The minimum atomic E-state index is -0.858. The fourth-order valence-corrected chi connectivity index (χ4v) is 5.97. The van der Waals surface area contributed by atoms with Crippen molar-refractivity contribution >= 4 is 23.2 Å². The molecule has 3 aliphatic rings. The van der Waals surface area contributed by atoms with Crippen LogP contribution >= 0.6 is 12.2 Å². The summed E-state index contributed by atoms with van der Waals surface area (Å²) in [7, 11) is 3.41. The van der Waals surface area contributed by atoms with Gasteiger partial charge in [0.1, 0.15) is 5.75 Å². The zero-order valence-electron chi connectivity index (χ0n) is 17.3. The van der Waals surface area contributed by atoms with E-state index in [0.717, 1.165) is 41.7 Å². The van der Waals surface area contributed by atoms with E-state index < -0.39 is 5.54 Å². The topological polar surface area (TPSA) is 61.8 Å². The van der Waals surface area contributed by atoms with Crippen LogP contribution in [0.3, 0.4) is 0 Å². The molecule has 2 fully saturated rings. The van der Waals surface area contributed by atoms with Crippen LogP contribution in [0.1, 0.15) is 36.8 Å². The molecule has 1 aliphatic heterocycles. The van der Waals surface area contributed by atoms with Crippen molar-refractivity contribution in [3.05, 3.63) is 53.6 Å². The van der Waals surface area contributed by atoms with E-state index in [1.165, 1.54) is 5.56 Å². The zero-order valence-corrected chi connectivity index (χ0v) is 18.1. The predicted octanol–water partition coefficient (Wildman–Crippen LogP) is 3.38. The molecule has 2 aromatic carbocycles. The fraction of sp³-hybridized carbons (Fsp3) is 0.417. The van der Waals surface area contributed by atoms with Crippen LogP contribution < -0.4 is 10.1 Å². The normalized spacial score (nSPS) is 30.1. The minimum absolute atomic E-state index is 0.0189. The van der Waals surface area contributed by atoms with Crippen LogP contribution in [0.25, 0.3) is 11.1 Å². The molecular weight excluding hydrogens is 396 g/mol. The molecule has 0 bridgehead atoms. The van der Waals surface area contributed by atoms with Gasteiger partial charge in [0.25, 0.3) is 5.91 Å². The lowest BCUT2D eigenvalue weighted by molar-refractivity contribution is -0.137. The molecule has 1 saturated carbocycles. The molecule has 2 N–H and O–H groups in total. The summed E-state index contributed by atoms with van der Waals surface area (Å²) < 4.78 is 5.39. The molecule has 30 heavy (non-hydrogen) atoms. The molecule has 5 nitrogen and oxygen atoms in total. The number of nitrogens with zero attached hydrogens (tertiary/aromatic N) is 1. The van der Waals surface area contributed by atoms with Crippen molar-refractivity contribution in [2.24, 2.45) is 5.41 Å². The molecule has 1 saturated heterocycles. The van der Waals surface area contributed by atoms with Gasteiger partial charge in [0.2, 0.25) is 0 Å². The zero-order chi connectivity index (χ0) is 21.1. The van der Waals surface area contributed by atoms with Crippen LogP contribution in [-0.2, 0) is 16.8 Å². The second-order valence-corrected chi connectivity index (χ2v) is 9.22. The highest BCUT2D eigenvalue weighted by atomic mass is 32.1. The lowest BCUT2D eigenvalue weighted by Gasteiger charge is -2.46. The van der Waals surface area contributed by atoms with Gasteiger partial charge in [-0.05, 0) is 84.8 Å². The molecule has 2 aliphatic carbocycles. The number of amides is 1. The highest BCUT2D eigenvalue weighted by molar-refractivity contribution is 7.80. The number of hydrogen-bond donors (Lipinski definition) is 2. The Morgan fingerprint density at radius 2 is 1.90 bits per heavy atom. The number of aliphatic hydroxyl groups excluding tert-OH is 1. The molecule has 6 heteroatoms. The van der Waals surface area contributed by atoms with Gasteiger partial charge in [-0.25, -0.2) is 0 Å². The van der Waals surface area contributed by atoms with Crippen molar-refractivity contribution in [3.63, 3.8) is 0 Å². The molecular formula is C24H26N2O3S. The summed E-state index contributed by atoms with van der Waals surface area (Å²) >= 11 is 5.52. The lowest BCUT2D eigenvalue weighted by Crippen LogP contribution is -2.56. The Morgan fingerprint density at radius 1 is 1.17 bits per heavy atom. The van der Waals surface area contributed by atoms with Crippen molar-refractivity contribution in [1.29, 1.82) is 0 Å². The summed E-state index contributed by atoms with van der Waals surface area (Å²) in [5, 5.41) is 14.1. The number of ether oxygens (including phenoxy) is 1. The molecule has 2 aromatic rings. The number of methoxy groups -OCH3 is 1. The van der Waals surface area contributed by atoms with E-state index in [9.17, 15) is 9.90 Å². The summed E-state index contributed by atoms with van der Waals surface area (Å²) in [6, 6.07) is 14.4. The summed E-state index contributed by atoms with van der Waals surface area (Å²) in [6.45, 7) is 0. The van der Waals surface area contributed by atoms with Gasteiger partial charge in [-0.1, -0.05) is 24.3 Å². The minimum Gasteiger partial charge on any atom is -0.497 e. The van der Waals surface area contributed by atoms with Crippen molar-refractivity contribution in [2.75, 3.05) is 14.2 Å². The first-order valence-electron chi connectivity index (χ1n) is 10.5. The Balaban J connectivity index is 1.67. The van der Waals surface area contributed by atoms with Crippen LogP contribution in [0.5, 0.6) is 5.75 Å². The number of thiocarbonyl (C=S) groups is 1. The molecule has 0 aromatic heterocycles. The summed E-state index contributed by atoms with van der Waals surface area (Å²) in [4.78, 5) is 15.3. The molecule has 5 rings (SSSR count). The van der Waals surface area contributed by atoms with Crippen LogP contribution in [-0.4, -0.2) is 41.3 Å². The van der Waals surface area contributed by atoms with Gasteiger partial charge in [0.15, 0.2) is 10.7 Å².